The Morgan fingerprint density at radius 2 is 1.14 bits per heavy atom. The lowest BCUT2D eigenvalue weighted by Gasteiger charge is -2.02. The van der Waals surface area contributed by atoms with Gasteiger partial charge in [-0.1, -0.05) is 0 Å². The molecular weight excluding hydrogens is 197 g/mol. The Kier molecular flexibility index (Phi) is 2.60. The molecular formula is C8H8N5P. The Bertz CT molecular complexity index is 388. The third-order valence-electron chi connectivity index (χ3n) is 1.70. The van der Waals surface area contributed by atoms with Crippen LogP contribution in [0.3, 0.4) is 0 Å². The van der Waals surface area contributed by atoms with E-state index in [-0.39, 0.29) is 0 Å². The molecule has 0 aliphatic carbocycles. The summed E-state index contributed by atoms with van der Waals surface area (Å²) in [6.07, 6.45) is 9.59. The van der Waals surface area contributed by atoms with Crippen LogP contribution in [0.5, 0.6) is 0 Å². The summed E-state index contributed by atoms with van der Waals surface area (Å²) in [5.41, 5.74) is 0. The van der Waals surface area contributed by atoms with Gasteiger partial charge in [-0.05, 0) is 0 Å². The fourth-order valence-electron chi connectivity index (χ4n) is 1.02. The largest absolute Gasteiger partial charge is 0.312 e. The molecule has 0 atom stereocenters. The third-order valence-corrected chi connectivity index (χ3v) is 3.37. The van der Waals surface area contributed by atoms with Crippen LogP contribution in [0.25, 0.3) is 0 Å². The number of rotatable bonds is 2. The molecule has 0 aliphatic rings. The van der Waals surface area contributed by atoms with Crippen molar-refractivity contribution in [3.05, 3.63) is 37.4 Å². The number of nitrogens with one attached hydrogen (secondary N) is 1. The average molecular weight is 205 g/mol. The molecule has 0 bridgehead atoms. The topological polar surface area (TPSA) is 75.4 Å². The Morgan fingerprint density at radius 3 is 1.50 bits per heavy atom. The molecule has 5 nitrogen and oxygen atoms in total. The predicted molar refractivity (Wildman–Crippen MR) is 54.4 cm³/mol. The van der Waals surface area contributed by atoms with Gasteiger partial charge < -0.3 is 5.16 Å². The van der Waals surface area contributed by atoms with Crippen LogP contribution in [-0.2, 0) is 0 Å². The number of hydrogen-bond acceptors (Lipinski definition) is 5. The van der Waals surface area contributed by atoms with E-state index >= 15 is 0 Å². The number of nitrogens with zero attached hydrogens (tertiary/aromatic N) is 4. The molecule has 0 spiro atoms. The SMILES string of the molecule is N=[PH](c1cncnc1)c1cncnc1. The van der Waals surface area contributed by atoms with Crippen molar-refractivity contribution in [3.63, 3.8) is 0 Å². The zero-order valence-corrected chi connectivity index (χ0v) is 8.25. The highest BCUT2D eigenvalue weighted by molar-refractivity contribution is 7.62. The van der Waals surface area contributed by atoms with Crippen LogP contribution in [-0.4, -0.2) is 19.9 Å². The first-order chi connectivity index (χ1) is 6.88. The lowest BCUT2D eigenvalue weighted by molar-refractivity contribution is 1.18. The van der Waals surface area contributed by atoms with E-state index < -0.39 is 7.71 Å². The fourth-order valence-corrected chi connectivity index (χ4v) is 2.17. The van der Waals surface area contributed by atoms with Gasteiger partial charge in [0, 0.05) is 43.1 Å². The molecule has 2 rings (SSSR count). The first-order valence-corrected chi connectivity index (χ1v) is 5.47. The number of aromatic nitrogens is 4. The van der Waals surface area contributed by atoms with Gasteiger partial charge in [0.2, 0.25) is 0 Å². The summed E-state index contributed by atoms with van der Waals surface area (Å²) < 4.78 is 0. The van der Waals surface area contributed by atoms with Gasteiger partial charge >= 0.3 is 0 Å². The van der Waals surface area contributed by atoms with Crippen molar-refractivity contribution in [2.75, 3.05) is 0 Å². The highest BCUT2D eigenvalue weighted by Crippen LogP contribution is 2.17. The van der Waals surface area contributed by atoms with Gasteiger partial charge in [0.05, 0.1) is 0 Å². The maximum Gasteiger partial charge on any atom is 0.115 e. The molecule has 6 heteroatoms. The van der Waals surface area contributed by atoms with Gasteiger partial charge in [-0.25, -0.2) is 19.9 Å². The second-order valence-electron chi connectivity index (χ2n) is 2.63. The highest BCUT2D eigenvalue weighted by atomic mass is 31.1. The van der Waals surface area contributed by atoms with E-state index in [1.54, 1.807) is 24.8 Å². The molecule has 0 unspecified atom stereocenters. The lowest BCUT2D eigenvalue weighted by atomic mass is 10.7. The summed E-state index contributed by atoms with van der Waals surface area (Å²) in [5.74, 6) is 0. The molecule has 0 saturated heterocycles. The first kappa shape index (κ1) is 8.97. The normalized spacial score (nSPS) is 10.4. The van der Waals surface area contributed by atoms with E-state index in [9.17, 15) is 0 Å². The minimum atomic E-state index is -1.54. The van der Waals surface area contributed by atoms with Crippen LogP contribution in [0.2, 0.25) is 0 Å². The summed E-state index contributed by atoms with van der Waals surface area (Å²) in [4.78, 5) is 15.5. The molecule has 0 radical (unpaired) electrons. The monoisotopic (exact) mass is 205 g/mol. The van der Waals surface area contributed by atoms with Gasteiger partial charge in [-0.15, -0.1) is 0 Å². The van der Waals surface area contributed by atoms with Crippen molar-refractivity contribution in [2.24, 2.45) is 0 Å². The van der Waals surface area contributed by atoms with Crippen molar-refractivity contribution >= 4 is 18.3 Å². The van der Waals surface area contributed by atoms with Gasteiger partial charge in [0.15, 0.2) is 0 Å². The molecule has 2 aromatic rings. The van der Waals surface area contributed by atoms with E-state index in [2.05, 4.69) is 19.9 Å². The molecule has 1 N–H and O–H groups in total. The van der Waals surface area contributed by atoms with Crippen LogP contribution >= 0.6 is 7.71 Å². The maximum absolute atomic E-state index is 8.00. The quantitative estimate of drug-likeness (QED) is 0.710. The van der Waals surface area contributed by atoms with Crippen LogP contribution in [0.1, 0.15) is 0 Å². The van der Waals surface area contributed by atoms with E-state index in [4.69, 9.17) is 5.16 Å². The average Bonchev–Trinajstić information content (AvgIpc) is 2.30. The minimum Gasteiger partial charge on any atom is -0.312 e. The van der Waals surface area contributed by atoms with Crippen LogP contribution in [0, 0.1) is 5.16 Å². The molecule has 2 heterocycles. The zero-order chi connectivity index (χ0) is 9.80. The minimum absolute atomic E-state index is 0.840. The van der Waals surface area contributed by atoms with Crippen molar-refractivity contribution in [3.8, 4) is 0 Å². The Hall–Kier alpha value is -1.61. The smallest absolute Gasteiger partial charge is 0.115 e. The summed E-state index contributed by atoms with van der Waals surface area (Å²) >= 11 is 0. The Balaban J connectivity index is 2.35. The molecule has 14 heavy (non-hydrogen) atoms. The molecule has 2 aromatic heterocycles. The molecule has 0 aromatic carbocycles. The fraction of sp³-hybridized carbons (Fsp3) is 0. The third kappa shape index (κ3) is 1.83. The van der Waals surface area contributed by atoms with Crippen LogP contribution < -0.4 is 10.6 Å². The lowest BCUT2D eigenvalue weighted by Crippen LogP contribution is -2.08. The van der Waals surface area contributed by atoms with Crippen molar-refractivity contribution in [2.45, 2.75) is 0 Å². The van der Waals surface area contributed by atoms with E-state index in [1.165, 1.54) is 12.7 Å². The summed E-state index contributed by atoms with van der Waals surface area (Å²) in [6, 6.07) is 0. The molecule has 70 valence electrons. The van der Waals surface area contributed by atoms with E-state index in [1.807, 2.05) is 0 Å². The second kappa shape index (κ2) is 4.07. The second-order valence-corrected chi connectivity index (χ2v) is 4.53. The maximum atomic E-state index is 8.00. The van der Waals surface area contributed by atoms with E-state index in [0.717, 1.165) is 10.6 Å². The van der Waals surface area contributed by atoms with Gasteiger partial charge in [-0.3, -0.25) is 0 Å². The van der Waals surface area contributed by atoms with Crippen LogP contribution in [0.4, 0.5) is 0 Å². The molecule has 0 saturated carbocycles. The summed E-state index contributed by atoms with van der Waals surface area (Å²) in [5, 5.41) is 9.68. The first-order valence-electron chi connectivity index (χ1n) is 3.97. The summed E-state index contributed by atoms with van der Waals surface area (Å²) in [7, 11) is -1.54. The van der Waals surface area contributed by atoms with Crippen molar-refractivity contribution < 1.29 is 0 Å². The standard InChI is InChI=1S/C8H8N5P/c9-14(7-1-10-5-11-2-7)8-3-12-6-13-4-8/h1-6,9,14H. The Labute approximate surface area is 81.6 Å². The number of hydrogen-bond donors (Lipinski definition) is 1. The van der Waals surface area contributed by atoms with Gasteiger partial charge in [-0.2, -0.15) is 0 Å². The summed E-state index contributed by atoms with van der Waals surface area (Å²) in [6.45, 7) is 0. The van der Waals surface area contributed by atoms with Gasteiger partial charge in [0.25, 0.3) is 0 Å². The molecule has 0 fully saturated rings. The van der Waals surface area contributed by atoms with Crippen LogP contribution in [0.15, 0.2) is 37.4 Å². The van der Waals surface area contributed by atoms with Crippen molar-refractivity contribution in [1.82, 2.24) is 19.9 Å². The van der Waals surface area contributed by atoms with Crippen molar-refractivity contribution in [1.29, 1.82) is 5.16 Å². The van der Waals surface area contributed by atoms with Gasteiger partial charge in [0.1, 0.15) is 12.7 Å². The zero-order valence-electron chi connectivity index (χ0n) is 7.25. The molecule has 0 aliphatic heterocycles. The highest BCUT2D eigenvalue weighted by Gasteiger charge is 2.02. The van der Waals surface area contributed by atoms with E-state index in [0.29, 0.717) is 0 Å². The molecule has 0 amide bonds. The Morgan fingerprint density at radius 1 is 0.786 bits per heavy atom. The predicted octanol–water partition coefficient (Wildman–Crippen LogP) is 0.194.